The zero-order chi connectivity index (χ0) is 19.8. The molecule has 144 valence electrons. The number of ether oxygens (including phenoxy) is 1. The molecule has 0 saturated heterocycles. The first kappa shape index (κ1) is 17.8. The average Bonchev–Trinajstić information content (AvgIpc) is 3.38. The van der Waals surface area contributed by atoms with Crippen molar-refractivity contribution in [3.8, 4) is 11.5 Å². The predicted octanol–water partition coefficient (Wildman–Crippen LogP) is 3.56. The lowest BCUT2D eigenvalue weighted by atomic mass is 10.2. The van der Waals surface area contributed by atoms with Crippen LogP contribution in [0.25, 0.3) is 5.52 Å². The van der Waals surface area contributed by atoms with E-state index in [9.17, 15) is 19.1 Å². The molecule has 2 aromatic heterocycles. The van der Waals surface area contributed by atoms with Gasteiger partial charge >= 0.3 is 12.0 Å². The summed E-state index contributed by atoms with van der Waals surface area (Å²) in [5.41, 5.74) is 1.12. The second-order valence-corrected chi connectivity index (χ2v) is 6.58. The molecule has 0 atom stereocenters. The molecule has 3 aromatic rings. The summed E-state index contributed by atoms with van der Waals surface area (Å²) in [6.07, 6.45) is 4.73. The Morgan fingerprint density at radius 3 is 2.79 bits per heavy atom. The first-order chi connectivity index (χ1) is 13.4. The van der Waals surface area contributed by atoms with Crippen molar-refractivity contribution in [2.24, 2.45) is 0 Å². The van der Waals surface area contributed by atoms with E-state index in [1.165, 1.54) is 29.0 Å². The van der Waals surface area contributed by atoms with Gasteiger partial charge in [-0.2, -0.15) is 5.10 Å². The van der Waals surface area contributed by atoms with Crippen LogP contribution in [0.4, 0.5) is 14.9 Å². The Balaban J connectivity index is 1.58. The highest BCUT2D eigenvalue weighted by Crippen LogP contribution is 2.31. The van der Waals surface area contributed by atoms with Crippen molar-refractivity contribution in [2.75, 3.05) is 5.32 Å². The van der Waals surface area contributed by atoms with Gasteiger partial charge in [0.15, 0.2) is 5.75 Å². The van der Waals surface area contributed by atoms with E-state index in [2.05, 4.69) is 15.7 Å². The smallest absolute Gasteiger partial charge is 0.337 e. The molecule has 0 unspecified atom stereocenters. The van der Waals surface area contributed by atoms with Gasteiger partial charge in [-0.15, -0.1) is 0 Å². The minimum Gasteiger partial charge on any atom is -0.478 e. The number of nitrogens with zero attached hydrogens (tertiary/aromatic N) is 2. The molecular formula is C19H17FN4O4. The molecule has 0 bridgehead atoms. The summed E-state index contributed by atoms with van der Waals surface area (Å²) >= 11 is 0. The van der Waals surface area contributed by atoms with Gasteiger partial charge < -0.3 is 20.5 Å². The number of carbonyl (C=O) groups excluding carboxylic acids is 1. The van der Waals surface area contributed by atoms with Crippen LogP contribution in [0.2, 0.25) is 0 Å². The summed E-state index contributed by atoms with van der Waals surface area (Å²) < 4.78 is 21.5. The van der Waals surface area contributed by atoms with E-state index in [1.807, 2.05) is 0 Å². The summed E-state index contributed by atoms with van der Waals surface area (Å²) in [6.45, 7) is 1.65. The Morgan fingerprint density at radius 2 is 2.11 bits per heavy atom. The minimum atomic E-state index is -1.07. The second kappa shape index (κ2) is 6.84. The number of amides is 2. The average molecular weight is 384 g/mol. The number of fused-ring (bicyclic) bond motifs is 1. The van der Waals surface area contributed by atoms with Gasteiger partial charge in [0, 0.05) is 24.4 Å². The Hall–Kier alpha value is -3.62. The number of carbonyl (C=O) groups is 2. The molecule has 1 aliphatic rings. The summed E-state index contributed by atoms with van der Waals surface area (Å²) in [4.78, 5) is 23.1. The van der Waals surface area contributed by atoms with E-state index < -0.39 is 17.8 Å². The first-order valence-electron chi connectivity index (χ1n) is 8.67. The van der Waals surface area contributed by atoms with Crippen molar-refractivity contribution >= 4 is 23.2 Å². The number of aryl methyl sites for hydroxylation is 1. The van der Waals surface area contributed by atoms with E-state index in [-0.39, 0.29) is 23.0 Å². The van der Waals surface area contributed by atoms with Crippen LogP contribution in [-0.4, -0.2) is 32.8 Å². The SMILES string of the molecule is Cc1c(C(=O)O)cn2nccc(Oc3ccc(NC(=O)NC4CC4)c(F)c3)c12. The largest absolute Gasteiger partial charge is 0.478 e. The third-order valence-electron chi connectivity index (χ3n) is 4.45. The zero-order valence-electron chi connectivity index (χ0n) is 14.9. The van der Waals surface area contributed by atoms with Crippen LogP contribution in [0.5, 0.6) is 11.5 Å². The summed E-state index contributed by atoms with van der Waals surface area (Å²) in [5, 5.41) is 18.5. The fourth-order valence-corrected chi connectivity index (χ4v) is 2.88. The quantitative estimate of drug-likeness (QED) is 0.624. The first-order valence-corrected chi connectivity index (χ1v) is 8.67. The van der Waals surface area contributed by atoms with Crippen LogP contribution >= 0.6 is 0 Å². The maximum absolute atomic E-state index is 14.4. The molecule has 9 heteroatoms. The molecular weight excluding hydrogens is 367 g/mol. The molecule has 1 saturated carbocycles. The number of rotatable bonds is 5. The maximum Gasteiger partial charge on any atom is 0.337 e. The summed E-state index contributed by atoms with van der Waals surface area (Å²) in [6, 6.07) is 5.37. The van der Waals surface area contributed by atoms with Crippen LogP contribution in [0.1, 0.15) is 28.8 Å². The molecule has 0 radical (unpaired) electrons. The summed E-state index contributed by atoms with van der Waals surface area (Å²) in [7, 11) is 0. The van der Waals surface area contributed by atoms with Gasteiger partial charge in [0.05, 0.1) is 17.4 Å². The number of anilines is 1. The van der Waals surface area contributed by atoms with E-state index >= 15 is 0 Å². The van der Waals surface area contributed by atoms with Gasteiger partial charge in [0.25, 0.3) is 0 Å². The monoisotopic (exact) mass is 384 g/mol. The number of aromatic carboxylic acids is 1. The van der Waals surface area contributed by atoms with E-state index in [1.54, 1.807) is 13.0 Å². The van der Waals surface area contributed by atoms with Crippen LogP contribution < -0.4 is 15.4 Å². The van der Waals surface area contributed by atoms with E-state index in [0.29, 0.717) is 16.8 Å². The topological polar surface area (TPSA) is 105 Å². The number of carboxylic acids is 1. The summed E-state index contributed by atoms with van der Waals surface area (Å²) in [5.74, 6) is -1.17. The standard InChI is InChI=1S/C19H17FN4O4/c1-10-13(18(25)26)9-24-17(10)16(6-7-21-24)28-12-4-5-15(14(20)8-12)23-19(27)22-11-2-3-11/h4-9,11H,2-3H2,1H3,(H,25,26)(H2,22,23,27). The molecule has 1 aromatic carbocycles. The van der Waals surface area contributed by atoms with Crippen LogP contribution in [0, 0.1) is 12.7 Å². The number of nitrogens with one attached hydrogen (secondary N) is 2. The number of benzene rings is 1. The second-order valence-electron chi connectivity index (χ2n) is 6.58. The van der Waals surface area contributed by atoms with E-state index in [4.69, 9.17) is 4.74 Å². The fourth-order valence-electron chi connectivity index (χ4n) is 2.88. The number of halogens is 1. The number of hydrogen-bond donors (Lipinski definition) is 3. The Bertz CT molecular complexity index is 1090. The predicted molar refractivity (Wildman–Crippen MR) is 98.5 cm³/mol. The third-order valence-corrected chi connectivity index (χ3v) is 4.45. The molecule has 2 amide bonds. The highest BCUT2D eigenvalue weighted by Gasteiger charge is 2.23. The zero-order valence-corrected chi connectivity index (χ0v) is 14.9. The Morgan fingerprint density at radius 1 is 1.32 bits per heavy atom. The minimum absolute atomic E-state index is 0.0393. The van der Waals surface area contributed by atoms with Crippen molar-refractivity contribution in [3.05, 3.63) is 53.6 Å². The van der Waals surface area contributed by atoms with Gasteiger partial charge in [0.1, 0.15) is 17.1 Å². The molecule has 1 fully saturated rings. The molecule has 0 aliphatic heterocycles. The highest BCUT2D eigenvalue weighted by atomic mass is 19.1. The van der Waals surface area contributed by atoms with Crippen molar-refractivity contribution in [3.63, 3.8) is 0 Å². The van der Waals surface area contributed by atoms with Gasteiger partial charge in [-0.25, -0.2) is 18.5 Å². The van der Waals surface area contributed by atoms with Crippen LogP contribution in [-0.2, 0) is 0 Å². The van der Waals surface area contributed by atoms with E-state index in [0.717, 1.165) is 18.9 Å². The van der Waals surface area contributed by atoms with Crippen LogP contribution in [0.15, 0.2) is 36.7 Å². The molecule has 8 nitrogen and oxygen atoms in total. The van der Waals surface area contributed by atoms with Gasteiger partial charge in [-0.3, -0.25) is 0 Å². The van der Waals surface area contributed by atoms with Gasteiger partial charge in [0.2, 0.25) is 0 Å². The Kier molecular flexibility index (Phi) is 4.34. The maximum atomic E-state index is 14.4. The number of hydrogen-bond acceptors (Lipinski definition) is 4. The lowest BCUT2D eigenvalue weighted by molar-refractivity contribution is 0.0696. The fraction of sp³-hybridized carbons (Fsp3) is 0.211. The molecule has 4 rings (SSSR count). The van der Waals surface area contributed by atoms with Gasteiger partial charge in [-0.05, 0) is 37.5 Å². The lowest BCUT2D eigenvalue weighted by Gasteiger charge is -2.11. The molecule has 0 spiro atoms. The van der Waals surface area contributed by atoms with Crippen molar-refractivity contribution < 1.29 is 23.8 Å². The number of aromatic nitrogens is 2. The number of urea groups is 1. The Labute approximate surface area is 158 Å². The molecule has 1 aliphatic carbocycles. The molecule has 28 heavy (non-hydrogen) atoms. The lowest BCUT2D eigenvalue weighted by Crippen LogP contribution is -2.30. The van der Waals surface area contributed by atoms with Crippen molar-refractivity contribution in [1.29, 1.82) is 0 Å². The van der Waals surface area contributed by atoms with Crippen molar-refractivity contribution in [1.82, 2.24) is 14.9 Å². The molecule has 3 N–H and O–H groups in total. The third kappa shape index (κ3) is 3.46. The highest BCUT2D eigenvalue weighted by molar-refractivity contribution is 5.93. The van der Waals surface area contributed by atoms with Crippen molar-refractivity contribution in [2.45, 2.75) is 25.8 Å². The van der Waals surface area contributed by atoms with Crippen LogP contribution in [0.3, 0.4) is 0 Å². The molecule has 2 heterocycles. The normalized spacial score (nSPS) is 13.4. The van der Waals surface area contributed by atoms with Gasteiger partial charge in [-0.1, -0.05) is 0 Å². The number of carboxylic acid groups (broad SMARTS) is 1.